The van der Waals surface area contributed by atoms with Crippen molar-refractivity contribution in [3.63, 3.8) is 0 Å². The summed E-state index contributed by atoms with van der Waals surface area (Å²) in [5, 5.41) is 16.9. The van der Waals surface area contributed by atoms with Crippen LogP contribution in [-0.4, -0.2) is 80.4 Å². The molecule has 1 aromatic carbocycles. The highest BCUT2D eigenvalue weighted by Gasteiger charge is 2.48. The number of aromatic nitrogens is 3. The minimum absolute atomic E-state index is 0.00755. The molecular formula is C27H30F2N6O6. The van der Waals surface area contributed by atoms with Gasteiger partial charge in [-0.3, -0.25) is 14.3 Å². The molecule has 41 heavy (non-hydrogen) atoms. The summed E-state index contributed by atoms with van der Waals surface area (Å²) in [7, 11) is 0. The topological polar surface area (TPSA) is 162 Å². The molecule has 0 spiro atoms. The van der Waals surface area contributed by atoms with Crippen LogP contribution in [0.2, 0.25) is 0 Å². The van der Waals surface area contributed by atoms with Crippen LogP contribution in [0.25, 0.3) is 21.9 Å². The number of primary amides is 1. The fourth-order valence-corrected chi connectivity index (χ4v) is 5.15. The Morgan fingerprint density at radius 1 is 1.22 bits per heavy atom. The number of likely N-dealkylation sites (tertiary alicyclic amines) is 1. The van der Waals surface area contributed by atoms with Crippen LogP contribution in [0.1, 0.15) is 49.5 Å². The first-order chi connectivity index (χ1) is 19.4. The highest BCUT2D eigenvalue weighted by Crippen LogP contribution is 2.38. The quantitative estimate of drug-likeness (QED) is 0.371. The Balaban J connectivity index is 1.51. The number of piperidine rings is 1. The minimum Gasteiger partial charge on any atom is -0.490 e. The van der Waals surface area contributed by atoms with Crippen molar-refractivity contribution in [3.05, 3.63) is 36.3 Å². The number of rotatable bonds is 8. The van der Waals surface area contributed by atoms with Gasteiger partial charge in [0.25, 0.3) is 11.8 Å². The van der Waals surface area contributed by atoms with E-state index in [2.05, 4.69) is 15.4 Å². The van der Waals surface area contributed by atoms with Gasteiger partial charge in [0.15, 0.2) is 0 Å². The Bertz CT molecular complexity index is 1500. The molecule has 0 aliphatic carbocycles. The van der Waals surface area contributed by atoms with E-state index in [-0.39, 0.29) is 35.9 Å². The van der Waals surface area contributed by atoms with Crippen molar-refractivity contribution in [2.24, 2.45) is 5.73 Å². The van der Waals surface area contributed by atoms with Gasteiger partial charge in [-0.1, -0.05) is 0 Å². The first-order valence-corrected chi connectivity index (χ1v) is 13.2. The number of fused-ring (bicyclic) bond motifs is 1. The van der Waals surface area contributed by atoms with Crippen LogP contribution in [-0.2, 0) is 4.79 Å². The summed E-state index contributed by atoms with van der Waals surface area (Å²) >= 11 is 0. The normalized spacial score (nSPS) is 19.0. The molecule has 3 aromatic rings. The van der Waals surface area contributed by atoms with Crippen LogP contribution >= 0.6 is 0 Å². The number of nitrogens with two attached hydrogens (primary N) is 1. The number of benzene rings is 1. The van der Waals surface area contributed by atoms with E-state index in [1.165, 1.54) is 11.1 Å². The van der Waals surface area contributed by atoms with E-state index in [1.54, 1.807) is 36.9 Å². The molecule has 12 nitrogen and oxygen atoms in total. The van der Waals surface area contributed by atoms with E-state index >= 15 is 0 Å². The van der Waals surface area contributed by atoms with Crippen LogP contribution in [0.3, 0.4) is 0 Å². The van der Waals surface area contributed by atoms with Crippen molar-refractivity contribution in [2.75, 3.05) is 19.7 Å². The second-order valence-corrected chi connectivity index (χ2v) is 10.5. The Kier molecular flexibility index (Phi) is 7.41. The molecule has 2 aliphatic heterocycles. The van der Waals surface area contributed by atoms with Gasteiger partial charge >= 0.3 is 12.0 Å². The fourth-order valence-electron chi connectivity index (χ4n) is 5.15. The number of hydrogen-bond acceptors (Lipinski definition) is 7. The number of amides is 3. The van der Waals surface area contributed by atoms with E-state index in [0.29, 0.717) is 47.8 Å². The summed E-state index contributed by atoms with van der Waals surface area (Å²) in [6.45, 7) is 4.14. The van der Waals surface area contributed by atoms with E-state index < -0.39 is 36.3 Å². The van der Waals surface area contributed by atoms with Crippen molar-refractivity contribution >= 4 is 28.7 Å². The largest absolute Gasteiger partial charge is 0.490 e. The number of nitrogens with zero attached hydrogens (tertiary/aromatic N) is 4. The lowest BCUT2D eigenvalue weighted by Gasteiger charge is -2.30. The molecule has 2 aliphatic rings. The average Bonchev–Trinajstić information content (AvgIpc) is 3.50. The Morgan fingerprint density at radius 3 is 2.56 bits per heavy atom. The van der Waals surface area contributed by atoms with E-state index in [4.69, 9.17) is 15.2 Å². The monoisotopic (exact) mass is 572 g/mol. The maximum absolute atomic E-state index is 13.7. The van der Waals surface area contributed by atoms with Crippen molar-refractivity contribution in [3.8, 4) is 22.8 Å². The molecule has 1 unspecified atom stereocenters. The van der Waals surface area contributed by atoms with Crippen molar-refractivity contribution in [2.45, 2.75) is 57.2 Å². The molecule has 218 valence electrons. The number of nitrogens with one attached hydrogen (secondary N) is 1. The van der Waals surface area contributed by atoms with Crippen LogP contribution in [0.4, 0.5) is 13.6 Å². The number of hydrogen-bond donors (Lipinski definition) is 3. The van der Waals surface area contributed by atoms with E-state index in [0.717, 1.165) is 0 Å². The molecule has 14 heteroatoms. The van der Waals surface area contributed by atoms with Crippen molar-refractivity contribution in [1.29, 1.82) is 0 Å². The van der Waals surface area contributed by atoms with Crippen molar-refractivity contribution < 1.29 is 37.7 Å². The third kappa shape index (κ3) is 5.72. The standard InChI is InChI=1S/C27H30F2N6O6/c1-14(2)41-22-8-19-18(7-20(22)23(30)36)21(11-31-24(19)40-13-16-9-27(28,29)25(37)33-16)15-10-32-35(12-15)17-3-5-34(6-4-17)26(38)39/h7-8,10-12,14,16-17H,3-6,9,13H2,1-2H3,(H2,30,36)(H,33,37)(H,38,39). The maximum atomic E-state index is 13.7. The first-order valence-electron chi connectivity index (χ1n) is 13.2. The molecule has 5 rings (SSSR count). The number of carboxylic acid groups (broad SMARTS) is 1. The Morgan fingerprint density at radius 2 is 1.95 bits per heavy atom. The fraction of sp³-hybridized carbons (Fsp3) is 0.444. The SMILES string of the molecule is CC(C)Oc1cc2c(OCC3CC(F)(F)C(=O)N3)ncc(-c3cnn(C4CCN(C(=O)O)CC4)c3)c2cc1C(N)=O. The van der Waals surface area contributed by atoms with Gasteiger partial charge in [-0.15, -0.1) is 0 Å². The van der Waals surface area contributed by atoms with E-state index in [1.807, 2.05) is 6.20 Å². The number of pyridine rings is 1. The second-order valence-electron chi connectivity index (χ2n) is 10.5. The molecule has 1 atom stereocenters. The number of carbonyl (C=O) groups is 3. The third-order valence-electron chi connectivity index (χ3n) is 7.19. The summed E-state index contributed by atoms with van der Waals surface area (Å²) in [6, 6.07) is 2.26. The van der Waals surface area contributed by atoms with Gasteiger partial charge in [-0.2, -0.15) is 13.9 Å². The summed E-state index contributed by atoms with van der Waals surface area (Å²) < 4.78 is 40.9. The van der Waals surface area contributed by atoms with Gasteiger partial charge in [-0.25, -0.2) is 9.78 Å². The smallest absolute Gasteiger partial charge is 0.407 e. The first kappa shape index (κ1) is 28.1. The second kappa shape index (κ2) is 10.8. The molecular weight excluding hydrogens is 542 g/mol. The lowest BCUT2D eigenvalue weighted by atomic mass is 9.99. The molecule has 2 fully saturated rings. The molecule has 0 saturated carbocycles. The third-order valence-corrected chi connectivity index (χ3v) is 7.19. The molecule has 4 N–H and O–H groups in total. The van der Waals surface area contributed by atoms with Gasteiger partial charge in [0.2, 0.25) is 5.88 Å². The van der Waals surface area contributed by atoms with Gasteiger partial charge in [0.05, 0.1) is 29.9 Å². The minimum atomic E-state index is -3.47. The molecule has 4 heterocycles. The number of alkyl halides is 2. The van der Waals surface area contributed by atoms with Crippen molar-refractivity contribution in [1.82, 2.24) is 25.0 Å². The number of carbonyl (C=O) groups excluding carboxylic acids is 2. The van der Waals surface area contributed by atoms with Crippen LogP contribution in [0.15, 0.2) is 30.7 Å². The van der Waals surface area contributed by atoms with Gasteiger partial charge in [0, 0.05) is 48.4 Å². The summed E-state index contributed by atoms with van der Waals surface area (Å²) in [6.07, 6.45) is 4.31. The summed E-state index contributed by atoms with van der Waals surface area (Å²) in [4.78, 5) is 41.0. The molecule has 3 amide bonds. The predicted molar refractivity (Wildman–Crippen MR) is 142 cm³/mol. The predicted octanol–water partition coefficient (Wildman–Crippen LogP) is 3.20. The maximum Gasteiger partial charge on any atom is 0.407 e. The summed E-state index contributed by atoms with van der Waals surface area (Å²) in [5.74, 6) is -5.20. The lowest BCUT2D eigenvalue weighted by Crippen LogP contribution is -2.38. The number of halogens is 2. The van der Waals surface area contributed by atoms with Gasteiger partial charge in [0.1, 0.15) is 12.4 Å². The molecule has 2 aromatic heterocycles. The Labute approximate surface area is 233 Å². The zero-order chi connectivity index (χ0) is 29.5. The zero-order valence-electron chi connectivity index (χ0n) is 22.5. The van der Waals surface area contributed by atoms with Crippen LogP contribution in [0, 0.1) is 0 Å². The highest BCUT2D eigenvalue weighted by molar-refractivity contribution is 6.06. The van der Waals surface area contributed by atoms with E-state index in [9.17, 15) is 28.3 Å². The Hall–Kier alpha value is -4.49. The van der Waals surface area contributed by atoms with Crippen LogP contribution in [0.5, 0.6) is 11.6 Å². The number of ether oxygens (including phenoxy) is 2. The lowest BCUT2D eigenvalue weighted by molar-refractivity contribution is -0.139. The van der Waals surface area contributed by atoms with Gasteiger partial charge in [-0.05, 0) is 44.2 Å². The molecule has 0 bridgehead atoms. The molecule has 0 radical (unpaired) electrons. The molecule has 2 saturated heterocycles. The summed E-state index contributed by atoms with van der Waals surface area (Å²) in [5.41, 5.74) is 7.12. The average molecular weight is 573 g/mol. The van der Waals surface area contributed by atoms with Crippen LogP contribution < -0.4 is 20.5 Å². The van der Waals surface area contributed by atoms with Gasteiger partial charge < -0.3 is 30.5 Å². The highest BCUT2D eigenvalue weighted by atomic mass is 19.3. The zero-order valence-corrected chi connectivity index (χ0v) is 22.5.